The molecule has 0 saturated carbocycles. The lowest BCUT2D eigenvalue weighted by Crippen LogP contribution is -2.12. The van der Waals surface area contributed by atoms with Crippen LogP contribution in [-0.4, -0.2) is 17.4 Å². The lowest BCUT2D eigenvalue weighted by Gasteiger charge is -2.19. The summed E-state index contributed by atoms with van der Waals surface area (Å²) in [4.78, 5) is 4.58. The molecule has 3 aromatic carbocycles. The first-order chi connectivity index (χ1) is 16.1. The number of nitrogens with one attached hydrogen (secondary N) is 2. The number of nitrogen functional groups attached to an aromatic ring is 1. The third kappa shape index (κ3) is 5.00. The largest absolute Gasteiger partial charge is 0.491 e. The van der Waals surface area contributed by atoms with Crippen LogP contribution in [0, 0.1) is 5.41 Å². The van der Waals surface area contributed by atoms with Crippen LogP contribution in [-0.2, 0) is 6.42 Å². The number of unbranched alkanes of at least 4 members (excludes halogenated alkanes) is 1. The van der Waals surface area contributed by atoms with E-state index in [1.165, 1.54) is 0 Å². The number of nitrogens with zero attached hydrogens (tertiary/aromatic N) is 1. The number of aryl methyl sites for hydroxylation is 1. The molecule has 33 heavy (non-hydrogen) atoms. The fourth-order valence-corrected chi connectivity index (χ4v) is 3.88. The minimum Gasteiger partial charge on any atom is -0.491 e. The number of hydrogen-bond donors (Lipinski definition) is 3. The molecule has 0 atom stereocenters. The molecule has 0 saturated heterocycles. The van der Waals surface area contributed by atoms with Gasteiger partial charge in [0, 0.05) is 5.56 Å². The van der Waals surface area contributed by atoms with Crippen LogP contribution >= 0.6 is 0 Å². The average molecular weight is 443 g/mol. The molecule has 0 radical (unpaired) electrons. The molecule has 6 nitrogen and oxygen atoms in total. The Hall–Kier alpha value is -3.80. The van der Waals surface area contributed by atoms with Crippen molar-refractivity contribution in [1.82, 2.24) is 4.98 Å². The lowest BCUT2D eigenvalue weighted by atomic mass is 9.94. The molecule has 0 spiro atoms. The quantitative estimate of drug-likeness (QED) is 0.189. The minimum absolute atomic E-state index is 0.0421. The van der Waals surface area contributed by atoms with E-state index in [0.717, 1.165) is 64.9 Å². The highest BCUT2D eigenvalue weighted by Crippen LogP contribution is 2.39. The van der Waals surface area contributed by atoms with Gasteiger partial charge in [0.25, 0.3) is 6.01 Å². The van der Waals surface area contributed by atoms with Gasteiger partial charge in [-0.2, -0.15) is 4.98 Å². The average Bonchev–Trinajstić information content (AvgIpc) is 3.24. The monoisotopic (exact) mass is 442 g/mol. The molecule has 0 aliphatic carbocycles. The molecule has 1 aromatic heterocycles. The van der Waals surface area contributed by atoms with Crippen LogP contribution < -0.4 is 15.8 Å². The van der Waals surface area contributed by atoms with E-state index in [1.807, 2.05) is 54.6 Å². The van der Waals surface area contributed by atoms with Gasteiger partial charge in [0.15, 0.2) is 5.58 Å². The Morgan fingerprint density at radius 2 is 1.85 bits per heavy atom. The van der Waals surface area contributed by atoms with Crippen molar-refractivity contribution in [2.75, 3.05) is 11.9 Å². The van der Waals surface area contributed by atoms with Gasteiger partial charge in [0.05, 0.1) is 12.3 Å². The minimum atomic E-state index is 0.0421. The van der Waals surface area contributed by atoms with Crippen molar-refractivity contribution in [1.29, 1.82) is 5.41 Å². The van der Waals surface area contributed by atoms with E-state index in [4.69, 9.17) is 20.3 Å². The molecule has 1 heterocycles. The first kappa shape index (κ1) is 22.4. The van der Waals surface area contributed by atoms with E-state index in [-0.39, 0.29) is 5.84 Å². The molecule has 4 rings (SSSR count). The third-order valence-electron chi connectivity index (χ3n) is 5.48. The number of hydrogen-bond acceptors (Lipinski definition) is 5. The van der Waals surface area contributed by atoms with Crippen LogP contribution in [0.3, 0.4) is 0 Å². The van der Waals surface area contributed by atoms with Gasteiger partial charge in [-0.15, -0.1) is 0 Å². The molecule has 170 valence electrons. The van der Waals surface area contributed by atoms with Crippen LogP contribution in [0.4, 0.5) is 11.7 Å². The molecule has 6 heteroatoms. The summed E-state index contributed by atoms with van der Waals surface area (Å²) in [5.74, 6) is 0.858. The zero-order valence-electron chi connectivity index (χ0n) is 19.2. The first-order valence-electron chi connectivity index (χ1n) is 11.5. The number of ether oxygens (including phenoxy) is 1. The Balaban J connectivity index is 1.85. The Kier molecular flexibility index (Phi) is 6.93. The summed E-state index contributed by atoms with van der Waals surface area (Å²) in [6, 6.07) is 20.0. The number of fused-ring (bicyclic) bond motifs is 1. The zero-order valence-corrected chi connectivity index (χ0v) is 19.2. The summed E-state index contributed by atoms with van der Waals surface area (Å²) in [6.45, 7) is 4.89. The number of nitrogens with two attached hydrogens (primary N) is 1. The molecule has 0 aliphatic heterocycles. The summed E-state index contributed by atoms with van der Waals surface area (Å²) in [5, 5.41) is 11.4. The fourth-order valence-electron chi connectivity index (χ4n) is 3.88. The molecule has 0 unspecified atom stereocenters. The van der Waals surface area contributed by atoms with Gasteiger partial charge in [-0.1, -0.05) is 56.7 Å². The van der Waals surface area contributed by atoms with Crippen LogP contribution in [0.2, 0.25) is 0 Å². The van der Waals surface area contributed by atoms with Crippen molar-refractivity contribution in [2.45, 2.75) is 39.5 Å². The summed E-state index contributed by atoms with van der Waals surface area (Å²) < 4.78 is 12.2. The van der Waals surface area contributed by atoms with Crippen molar-refractivity contribution < 1.29 is 9.15 Å². The molecule has 0 fully saturated rings. The Morgan fingerprint density at radius 3 is 2.61 bits per heavy atom. The molecule has 0 amide bonds. The van der Waals surface area contributed by atoms with Gasteiger partial charge in [-0.25, -0.2) is 0 Å². The summed E-state index contributed by atoms with van der Waals surface area (Å²) in [5.41, 5.74) is 11.9. The second-order valence-corrected chi connectivity index (χ2v) is 8.04. The Morgan fingerprint density at radius 1 is 1.06 bits per heavy atom. The number of aromatic nitrogens is 1. The molecule has 0 bridgehead atoms. The summed E-state index contributed by atoms with van der Waals surface area (Å²) >= 11 is 0. The second-order valence-electron chi connectivity index (χ2n) is 8.04. The van der Waals surface area contributed by atoms with Crippen molar-refractivity contribution in [2.24, 2.45) is 5.73 Å². The third-order valence-corrected chi connectivity index (χ3v) is 5.48. The van der Waals surface area contributed by atoms with Gasteiger partial charge in [-0.3, -0.25) is 5.41 Å². The highest BCUT2D eigenvalue weighted by molar-refractivity contribution is 6.02. The zero-order chi connectivity index (χ0) is 23.2. The molecule has 4 N–H and O–H groups in total. The predicted octanol–water partition coefficient (Wildman–Crippen LogP) is 6.65. The predicted molar refractivity (Wildman–Crippen MR) is 135 cm³/mol. The van der Waals surface area contributed by atoms with E-state index in [0.29, 0.717) is 18.2 Å². The van der Waals surface area contributed by atoms with Crippen molar-refractivity contribution in [3.63, 3.8) is 0 Å². The number of anilines is 2. The number of rotatable bonds is 10. The van der Waals surface area contributed by atoms with Crippen LogP contribution in [0.25, 0.3) is 22.2 Å². The molecule has 0 aliphatic rings. The van der Waals surface area contributed by atoms with E-state index in [9.17, 15) is 0 Å². The van der Waals surface area contributed by atoms with Crippen molar-refractivity contribution in [3.8, 4) is 16.9 Å². The van der Waals surface area contributed by atoms with E-state index in [2.05, 4.69) is 30.2 Å². The lowest BCUT2D eigenvalue weighted by molar-refractivity contribution is 0.315. The van der Waals surface area contributed by atoms with Crippen LogP contribution in [0.15, 0.2) is 65.1 Å². The number of benzene rings is 3. The smallest absolute Gasteiger partial charge is 0.300 e. The van der Waals surface area contributed by atoms with E-state index in [1.54, 1.807) is 0 Å². The van der Waals surface area contributed by atoms with Crippen molar-refractivity contribution in [3.05, 3.63) is 71.8 Å². The maximum atomic E-state index is 8.03. The number of amidine groups is 1. The number of para-hydroxylation sites is 2. The van der Waals surface area contributed by atoms with Crippen LogP contribution in [0.5, 0.6) is 5.75 Å². The Labute approximate surface area is 194 Å². The fraction of sp³-hybridized carbons (Fsp3) is 0.259. The van der Waals surface area contributed by atoms with E-state index >= 15 is 0 Å². The summed E-state index contributed by atoms with van der Waals surface area (Å²) in [7, 11) is 0. The summed E-state index contributed by atoms with van der Waals surface area (Å²) in [6.07, 6.45) is 3.91. The normalized spacial score (nSPS) is 11.0. The molecular weight excluding hydrogens is 412 g/mol. The van der Waals surface area contributed by atoms with Crippen LogP contribution in [0.1, 0.15) is 44.2 Å². The van der Waals surface area contributed by atoms with Gasteiger partial charge in [0.2, 0.25) is 0 Å². The molecular formula is C27H30N4O2. The van der Waals surface area contributed by atoms with E-state index < -0.39 is 0 Å². The second kappa shape index (κ2) is 10.2. The first-order valence-corrected chi connectivity index (χ1v) is 11.5. The maximum Gasteiger partial charge on any atom is 0.300 e. The van der Waals surface area contributed by atoms with Gasteiger partial charge in [0.1, 0.15) is 17.1 Å². The van der Waals surface area contributed by atoms with Gasteiger partial charge >= 0.3 is 0 Å². The SMILES string of the molecule is CCCCc1cc(-c2ccccc2C(=N)N)cc(Nc2nc3ccccc3o2)c1OCCC. The highest BCUT2D eigenvalue weighted by Gasteiger charge is 2.18. The highest BCUT2D eigenvalue weighted by atomic mass is 16.5. The van der Waals surface area contributed by atoms with Gasteiger partial charge in [-0.05, 0) is 60.2 Å². The standard InChI is InChI=1S/C27H30N4O2/c1-3-5-10-18-16-19(20-11-6-7-12-21(20)26(28)29)17-23(25(18)32-15-4-2)31-27-30-22-13-8-9-14-24(22)33-27/h6-9,11-14,16-17H,3-5,10,15H2,1-2H3,(H3,28,29)(H,30,31). The van der Waals surface area contributed by atoms with Crippen molar-refractivity contribution >= 4 is 28.6 Å². The number of oxazole rings is 1. The topological polar surface area (TPSA) is 97.2 Å². The maximum absolute atomic E-state index is 8.03. The van der Waals surface area contributed by atoms with Gasteiger partial charge < -0.3 is 20.2 Å². The Bertz CT molecular complexity index is 1230. The molecule has 4 aromatic rings.